The third-order valence-corrected chi connectivity index (χ3v) is 3.52. The van der Waals surface area contributed by atoms with Crippen LogP contribution < -0.4 is 0 Å². The molecule has 0 aromatic rings. The van der Waals surface area contributed by atoms with Gasteiger partial charge in [0.1, 0.15) is 5.60 Å². The van der Waals surface area contributed by atoms with Crippen molar-refractivity contribution in [2.24, 2.45) is 5.41 Å². The Bertz CT molecular complexity index is 205. The van der Waals surface area contributed by atoms with Gasteiger partial charge in [0.25, 0.3) is 0 Å². The van der Waals surface area contributed by atoms with E-state index in [9.17, 15) is 4.79 Å². The van der Waals surface area contributed by atoms with Gasteiger partial charge in [-0.05, 0) is 32.6 Å². The van der Waals surface area contributed by atoms with Gasteiger partial charge in [-0.2, -0.15) is 0 Å². The Morgan fingerprint density at radius 1 is 1.12 bits per heavy atom. The van der Waals surface area contributed by atoms with E-state index >= 15 is 0 Å². The lowest BCUT2D eigenvalue weighted by Crippen LogP contribution is -2.23. The largest absolute Gasteiger partial charge is 0.460 e. The minimum Gasteiger partial charge on any atom is -0.460 e. The molecule has 0 aromatic heterocycles. The van der Waals surface area contributed by atoms with Crippen LogP contribution in [0, 0.1) is 5.41 Å². The van der Waals surface area contributed by atoms with Gasteiger partial charge in [0.2, 0.25) is 0 Å². The first kappa shape index (κ1) is 19.3. The standard InChI is InChI=1S/C7H15Br.C7H14O2/c1-4-5-7(2,3)6-8;1-5-6(8)9-7(2,3)4/h4-6H2,1-3H3;5H2,1-4H3. The highest BCUT2D eigenvalue weighted by atomic mass is 79.9. The zero-order chi connectivity index (χ0) is 14.1. The summed E-state index contributed by atoms with van der Waals surface area (Å²) in [5, 5.41) is 1.12. The van der Waals surface area contributed by atoms with E-state index in [-0.39, 0.29) is 11.6 Å². The molecule has 0 fully saturated rings. The highest BCUT2D eigenvalue weighted by Crippen LogP contribution is 2.23. The highest BCUT2D eigenvalue weighted by Gasteiger charge is 2.14. The number of alkyl halides is 1. The zero-order valence-electron chi connectivity index (χ0n) is 12.5. The van der Waals surface area contributed by atoms with E-state index in [4.69, 9.17) is 4.74 Å². The third-order valence-electron chi connectivity index (χ3n) is 2.00. The van der Waals surface area contributed by atoms with Crippen LogP contribution in [0.15, 0.2) is 0 Å². The van der Waals surface area contributed by atoms with Crippen LogP contribution in [0.3, 0.4) is 0 Å². The second-order valence-corrected chi connectivity index (χ2v) is 6.55. The summed E-state index contributed by atoms with van der Waals surface area (Å²) in [5.41, 5.74) is 0.182. The second-order valence-electron chi connectivity index (χ2n) is 5.99. The van der Waals surface area contributed by atoms with Gasteiger partial charge < -0.3 is 4.74 Å². The Hall–Kier alpha value is -0.0500. The van der Waals surface area contributed by atoms with Crippen molar-refractivity contribution in [2.75, 3.05) is 5.33 Å². The average molecular weight is 309 g/mol. The summed E-state index contributed by atoms with van der Waals surface area (Å²) in [6.45, 7) is 14.2. The summed E-state index contributed by atoms with van der Waals surface area (Å²) in [4.78, 5) is 10.6. The normalized spacial score (nSPS) is 11.5. The number of rotatable bonds is 4. The molecule has 2 nitrogen and oxygen atoms in total. The van der Waals surface area contributed by atoms with E-state index in [1.165, 1.54) is 12.8 Å². The SMILES string of the molecule is CCC(=O)OC(C)(C)C.CCCC(C)(C)CBr. The zero-order valence-corrected chi connectivity index (χ0v) is 14.1. The van der Waals surface area contributed by atoms with Crippen molar-refractivity contribution in [1.82, 2.24) is 0 Å². The molecular weight excluding hydrogens is 280 g/mol. The average Bonchev–Trinajstić information content (AvgIpc) is 2.16. The van der Waals surface area contributed by atoms with Crippen molar-refractivity contribution in [2.45, 2.75) is 73.3 Å². The summed E-state index contributed by atoms with van der Waals surface area (Å²) in [6, 6.07) is 0. The molecule has 0 saturated carbocycles. The molecule has 17 heavy (non-hydrogen) atoms. The van der Waals surface area contributed by atoms with Crippen molar-refractivity contribution >= 4 is 21.9 Å². The minimum absolute atomic E-state index is 0.137. The summed E-state index contributed by atoms with van der Waals surface area (Å²) >= 11 is 3.47. The molecule has 0 bridgehead atoms. The fourth-order valence-corrected chi connectivity index (χ4v) is 1.44. The molecule has 0 spiro atoms. The molecule has 0 aromatic carbocycles. The lowest BCUT2D eigenvalue weighted by molar-refractivity contribution is -0.154. The molecule has 0 unspecified atom stereocenters. The predicted octanol–water partition coefficient (Wildman–Crippen LogP) is 4.95. The molecule has 0 atom stereocenters. The lowest BCUT2D eigenvalue weighted by Gasteiger charge is -2.19. The number of hydrogen-bond acceptors (Lipinski definition) is 2. The Kier molecular flexibility index (Phi) is 10.2. The van der Waals surface area contributed by atoms with Crippen molar-refractivity contribution in [1.29, 1.82) is 0 Å². The van der Waals surface area contributed by atoms with E-state index in [0.717, 1.165) is 5.33 Å². The maximum Gasteiger partial charge on any atom is 0.306 e. The quantitative estimate of drug-likeness (QED) is 0.543. The van der Waals surface area contributed by atoms with Gasteiger partial charge in [0, 0.05) is 11.8 Å². The smallest absolute Gasteiger partial charge is 0.306 e. The van der Waals surface area contributed by atoms with Crippen LogP contribution in [0.4, 0.5) is 0 Å². The molecule has 0 radical (unpaired) electrons. The van der Waals surface area contributed by atoms with Crippen LogP contribution in [-0.4, -0.2) is 16.9 Å². The topological polar surface area (TPSA) is 26.3 Å². The Balaban J connectivity index is 0. The number of esters is 1. The molecule has 0 amide bonds. The van der Waals surface area contributed by atoms with Gasteiger partial charge in [-0.3, -0.25) is 4.79 Å². The molecule has 0 aliphatic rings. The molecule has 0 rings (SSSR count). The Morgan fingerprint density at radius 3 is 1.71 bits per heavy atom. The van der Waals surface area contributed by atoms with E-state index in [2.05, 4.69) is 36.7 Å². The molecule has 0 heterocycles. The molecule has 0 aliphatic carbocycles. The van der Waals surface area contributed by atoms with E-state index in [0.29, 0.717) is 11.8 Å². The summed E-state index contributed by atoms with van der Waals surface area (Å²) in [5.74, 6) is -0.137. The van der Waals surface area contributed by atoms with E-state index in [1.54, 1.807) is 6.92 Å². The van der Waals surface area contributed by atoms with E-state index in [1.807, 2.05) is 20.8 Å². The number of carbonyl (C=O) groups is 1. The van der Waals surface area contributed by atoms with Gasteiger partial charge in [0.15, 0.2) is 0 Å². The number of carbonyl (C=O) groups excluding carboxylic acids is 1. The van der Waals surface area contributed by atoms with Crippen molar-refractivity contribution < 1.29 is 9.53 Å². The highest BCUT2D eigenvalue weighted by molar-refractivity contribution is 9.09. The summed E-state index contributed by atoms with van der Waals surface area (Å²) in [7, 11) is 0. The van der Waals surface area contributed by atoms with E-state index < -0.39 is 0 Å². The Morgan fingerprint density at radius 2 is 1.59 bits per heavy atom. The third kappa shape index (κ3) is 15.9. The van der Waals surface area contributed by atoms with Gasteiger partial charge in [-0.15, -0.1) is 0 Å². The first-order chi connectivity index (χ1) is 7.58. The molecule has 3 heteroatoms. The summed E-state index contributed by atoms with van der Waals surface area (Å²) < 4.78 is 4.95. The summed E-state index contributed by atoms with van der Waals surface area (Å²) in [6.07, 6.45) is 3.06. The van der Waals surface area contributed by atoms with Crippen LogP contribution in [-0.2, 0) is 9.53 Å². The maximum absolute atomic E-state index is 10.6. The van der Waals surface area contributed by atoms with Crippen LogP contribution in [0.25, 0.3) is 0 Å². The Labute approximate surface area is 116 Å². The number of hydrogen-bond donors (Lipinski definition) is 0. The second kappa shape index (κ2) is 8.96. The number of ether oxygens (including phenoxy) is 1. The van der Waals surface area contributed by atoms with Crippen molar-refractivity contribution in [3.8, 4) is 0 Å². The molecule has 0 aliphatic heterocycles. The lowest BCUT2D eigenvalue weighted by atomic mass is 9.91. The predicted molar refractivity (Wildman–Crippen MR) is 78.6 cm³/mol. The fourth-order valence-electron chi connectivity index (χ4n) is 1.16. The first-order valence-electron chi connectivity index (χ1n) is 6.35. The van der Waals surface area contributed by atoms with Crippen LogP contribution in [0.2, 0.25) is 0 Å². The van der Waals surface area contributed by atoms with Crippen molar-refractivity contribution in [3.63, 3.8) is 0 Å². The minimum atomic E-state index is -0.326. The monoisotopic (exact) mass is 308 g/mol. The fraction of sp³-hybridized carbons (Fsp3) is 0.929. The molecule has 104 valence electrons. The van der Waals surface area contributed by atoms with Gasteiger partial charge in [-0.1, -0.05) is 50.0 Å². The van der Waals surface area contributed by atoms with Crippen molar-refractivity contribution in [3.05, 3.63) is 0 Å². The maximum atomic E-state index is 10.6. The first-order valence-corrected chi connectivity index (χ1v) is 7.48. The number of halogens is 1. The van der Waals surface area contributed by atoms with Gasteiger partial charge in [0.05, 0.1) is 0 Å². The van der Waals surface area contributed by atoms with Crippen LogP contribution >= 0.6 is 15.9 Å². The van der Waals surface area contributed by atoms with Crippen LogP contribution in [0.1, 0.15) is 67.7 Å². The molecule has 0 N–H and O–H groups in total. The molecular formula is C14H29BrO2. The van der Waals surface area contributed by atoms with Gasteiger partial charge in [-0.25, -0.2) is 0 Å². The van der Waals surface area contributed by atoms with Gasteiger partial charge >= 0.3 is 5.97 Å². The van der Waals surface area contributed by atoms with Crippen LogP contribution in [0.5, 0.6) is 0 Å². The molecule has 0 saturated heterocycles.